The minimum Gasteiger partial charge on any atom is -0.380 e. The zero-order valence-corrected chi connectivity index (χ0v) is 24.6. The van der Waals surface area contributed by atoms with E-state index in [1.807, 2.05) is 38.4 Å². The standard InChI is InChI=1S/C31H33FN4S.C2H6/c1-20(2)16-35-30-12-8-24(14-22(30)4)28-15-26(34-17-23-5-9-27(10-6-23)37-19-33)18-36-31(28)25-7-11-29(32)21(3)13-25;1-2/h5,7-9,11-16,18-20,33-34H,6,10,17H2,1-4H3;1-2H3. The molecule has 1 aliphatic carbocycles. The fraction of sp³-hybridized carbons (Fsp3) is 0.303. The van der Waals surface area contributed by atoms with Crippen LogP contribution in [0.3, 0.4) is 0 Å². The zero-order chi connectivity index (χ0) is 28.4. The van der Waals surface area contributed by atoms with Crippen molar-refractivity contribution in [2.45, 2.75) is 54.4 Å². The summed E-state index contributed by atoms with van der Waals surface area (Å²) in [6, 6.07) is 13.5. The number of aromatic nitrogens is 1. The van der Waals surface area contributed by atoms with Gasteiger partial charge in [0.1, 0.15) is 5.82 Å². The molecular formula is C33H39FN4S. The predicted octanol–water partition coefficient (Wildman–Crippen LogP) is 9.91. The van der Waals surface area contributed by atoms with Gasteiger partial charge in [0.05, 0.1) is 28.8 Å². The number of aliphatic imine (C=N–C) groups is 1. The van der Waals surface area contributed by atoms with Crippen LogP contribution in [0.2, 0.25) is 0 Å². The highest BCUT2D eigenvalue weighted by molar-refractivity contribution is 8.15. The van der Waals surface area contributed by atoms with E-state index in [2.05, 4.69) is 61.4 Å². The molecule has 0 unspecified atom stereocenters. The quantitative estimate of drug-likeness (QED) is 0.209. The molecular weight excluding hydrogens is 503 g/mol. The smallest absolute Gasteiger partial charge is 0.126 e. The van der Waals surface area contributed by atoms with Gasteiger partial charge < -0.3 is 10.7 Å². The van der Waals surface area contributed by atoms with E-state index in [1.165, 1.54) is 33.9 Å². The minimum atomic E-state index is -0.219. The van der Waals surface area contributed by atoms with Gasteiger partial charge in [-0.25, -0.2) is 4.39 Å². The number of rotatable bonds is 9. The number of nitrogens with one attached hydrogen (secondary N) is 2. The Morgan fingerprint density at radius 2 is 1.77 bits per heavy atom. The van der Waals surface area contributed by atoms with E-state index in [0.29, 0.717) is 11.5 Å². The normalized spacial score (nSPS) is 13.0. The Balaban J connectivity index is 0.00000205. The van der Waals surface area contributed by atoms with Gasteiger partial charge in [-0.15, -0.1) is 0 Å². The SMILES string of the molecule is CC.Cc1cc(-c2ncc(NCC3=CC=C(SC=N)CC3)cc2-c2ccc(N=CC(C)C)c(C)c2)ccc1F. The maximum Gasteiger partial charge on any atom is 0.126 e. The number of benzene rings is 2. The molecule has 39 heavy (non-hydrogen) atoms. The Labute approximate surface area is 237 Å². The second-order valence-corrected chi connectivity index (χ2v) is 10.7. The summed E-state index contributed by atoms with van der Waals surface area (Å²) in [7, 11) is 0. The van der Waals surface area contributed by atoms with Gasteiger partial charge >= 0.3 is 0 Å². The van der Waals surface area contributed by atoms with Gasteiger partial charge in [0, 0.05) is 23.9 Å². The second-order valence-electron chi connectivity index (χ2n) is 9.65. The Kier molecular flexibility index (Phi) is 11.2. The van der Waals surface area contributed by atoms with E-state index in [1.54, 1.807) is 13.0 Å². The van der Waals surface area contributed by atoms with Gasteiger partial charge in [-0.3, -0.25) is 9.98 Å². The number of hydrogen-bond acceptors (Lipinski definition) is 5. The fourth-order valence-corrected chi connectivity index (χ4v) is 4.72. The van der Waals surface area contributed by atoms with E-state index in [9.17, 15) is 4.39 Å². The molecule has 0 amide bonds. The minimum absolute atomic E-state index is 0.219. The third-order valence-electron chi connectivity index (χ3n) is 6.27. The first-order valence-corrected chi connectivity index (χ1v) is 14.4. The largest absolute Gasteiger partial charge is 0.380 e. The van der Waals surface area contributed by atoms with Crippen molar-refractivity contribution in [3.8, 4) is 22.4 Å². The maximum absolute atomic E-state index is 14.0. The summed E-state index contributed by atoms with van der Waals surface area (Å²) in [6.07, 6.45) is 10.00. The van der Waals surface area contributed by atoms with Gasteiger partial charge in [-0.1, -0.05) is 63.2 Å². The highest BCUT2D eigenvalue weighted by Crippen LogP contribution is 2.35. The van der Waals surface area contributed by atoms with E-state index in [4.69, 9.17) is 10.4 Å². The summed E-state index contributed by atoms with van der Waals surface area (Å²) < 4.78 is 14.0. The highest BCUT2D eigenvalue weighted by Gasteiger charge is 2.14. The molecule has 0 saturated carbocycles. The Morgan fingerprint density at radius 3 is 2.41 bits per heavy atom. The van der Waals surface area contributed by atoms with Gasteiger partial charge in [-0.05, 0) is 90.6 Å². The molecule has 1 heterocycles. The lowest BCUT2D eigenvalue weighted by atomic mass is 9.96. The van der Waals surface area contributed by atoms with Gasteiger partial charge in [0.2, 0.25) is 0 Å². The number of pyridine rings is 1. The van der Waals surface area contributed by atoms with Gasteiger partial charge in [-0.2, -0.15) is 0 Å². The Morgan fingerprint density at radius 1 is 1.03 bits per heavy atom. The summed E-state index contributed by atoms with van der Waals surface area (Å²) >= 11 is 1.47. The fourth-order valence-electron chi connectivity index (χ4n) is 4.20. The monoisotopic (exact) mass is 542 g/mol. The number of halogens is 1. The van der Waals surface area contributed by atoms with Crippen LogP contribution in [0.4, 0.5) is 15.8 Å². The van der Waals surface area contributed by atoms with Crippen molar-refractivity contribution < 1.29 is 4.39 Å². The molecule has 2 N–H and O–H groups in total. The number of aryl methyl sites for hydroxylation is 2. The summed E-state index contributed by atoms with van der Waals surface area (Å²) in [5.41, 5.74) is 10.0. The van der Waals surface area contributed by atoms with Crippen LogP contribution in [0.25, 0.3) is 22.4 Å². The first-order valence-electron chi connectivity index (χ1n) is 13.5. The van der Waals surface area contributed by atoms with Crippen LogP contribution < -0.4 is 5.32 Å². The van der Waals surface area contributed by atoms with Gasteiger partial charge in [0.15, 0.2) is 0 Å². The van der Waals surface area contributed by atoms with Crippen molar-refractivity contribution in [2.24, 2.45) is 10.9 Å². The van der Waals surface area contributed by atoms with E-state index in [0.717, 1.165) is 58.7 Å². The Bertz CT molecular complexity index is 1390. The molecule has 0 spiro atoms. The van der Waals surface area contributed by atoms with E-state index < -0.39 is 0 Å². The lowest BCUT2D eigenvalue weighted by Gasteiger charge is -2.17. The van der Waals surface area contributed by atoms with Crippen molar-refractivity contribution in [1.82, 2.24) is 4.98 Å². The summed E-state index contributed by atoms with van der Waals surface area (Å²) in [5.74, 6) is 0.166. The first kappa shape index (κ1) is 30.0. The molecule has 0 aliphatic heterocycles. The molecule has 6 heteroatoms. The number of allylic oxidation sites excluding steroid dienone is 3. The number of nitrogens with zero attached hydrogens (tertiary/aromatic N) is 2. The lowest BCUT2D eigenvalue weighted by Crippen LogP contribution is -2.07. The van der Waals surface area contributed by atoms with Crippen molar-refractivity contribution >= 4 is 34.9 Å². The topological polar surface area (TPSA) is 61.1 Å². The van der Waals surface area contributed by atoms with Crippen molar-refractivity contribution in [3.05, 3.63) is 88.2 Å². The molecule has 0 fully saturated rings. The Hall–Kier alpha value is -3.51. The highest BCUT2D eigenvalue weighted by atomic mass is 32.2. The van der Waals surface area contributed by atoms with Crippen LogP contribution in [-0.2, 0) is 0 Å². The first-order chi connectivity index (χ1) is 18.8. The second kappa shape index (κ2) is 14.6. The molecule has 2 aromatic carbocycles. The van der Waals surface area contributed by atoms with Crippen LogP contribution in [-0.4, -0.2) is 23.3 Å². The molecule has 1 aromatic heterocycles. The molecule has 204 valence electrons. The van der Waals surface area contributed by atoms with Gasteiger partial charge in [0.25, 0.3) is 0 Å². The average molecular weight is 543 g/mol. The van der Waals surface area contributed by atoms with Crippen LogP contribution in [0.5, 0.6) is 0 Å². The summed E-state index contributed by atoms with van der Waals surface area (Å²) in [4.78, 5) is 10.7. The van der Waals surface area contributed by atoms with E-state index in [-0.39, 0.29) is 5.82 Å². The van der Waals surface area contributed by atoms with Crippen molar-refractivity contribution in [3.63, 3.8) is 0 Å². The molecule has 1 aliphatic rings. The number of thioether (sulfide) groups is 1. The maximum atomic E-state index is 14.0. The third kappa shape index (κ3) is 8.24. The van der Waals surface area contributed by atoms with Crippen molar-refractivity contribution in [1.29, 1.82) is 5.41 Å². The van der Waals surface area contributed by atoms with Crippen LogP contribution in [0.1, 0.15) is 51.7 Å². The van der Waals surface area contributed by atoms with Crippen molar-refractivity contribution in [2.75, 3.05) is 11.9 Å². The number of anilines is 1. The molecule has 0 radical (unpaired) electrons. The van der Waals surface area contributed by atoms with Crippen LogP contribution >= 0.6 is 11.8 Å². The zero-order valence-electron chi connectivity index (χ0n) is 23.8. The lowest BCUT2D eigenvalue weighted by molar-refractivity contribution is 0.619. The molecule has 0 saturated heterocycles. The van der Waals surface area contributed by atoms with Crippen LogP contribution in [0.15, 0.2) is 76.3 Å². The number of hydrogen-bond donors (Lipinski definition) is 2. The third-order valence-corrected chi connectivity index (χ3v) is 7.03. The molecule has 4 rings (SSSR count). The summed E-state index contributed by atoms with van der Waals surface area (Å²) in [6.45, 7) is 12.8. The molecule has 0 bridgehead atoms. The summed E-state index contributed by atoms with van der Waals surface area (Å²) in [5, 5.41) is 10.8. The van der Waals surface area contributed by atoms with Crippen LogP contribution in [0, 0.1) is 31.0 Å². The molecule has 0 atom stereocenters. The average Bonchev–Trinajstić information content (AvgIpc) is 2.94. The van der Waals surface area contributed by atoms with E-state index >= 15 is 0 Å². The predicted molar refractivity (Wildman–Crippen MR) is 169 cm³/mol. The molecule has 3 aromatic rings. The molecule has 4 nitrogen and oxygen atoms in total.